The number of allylic oxidation sites excluding steroid dienone is 2. The van der Waals surface area contributed by atoms with Gasteiger partial charge in [-0.1, -0.05) is 60.1 Å². The molecule has 5 aliphatic carbocycles. The number of esters is 1. The van der Waals surface area contributed by atoms with Gasteiger partial charge in [0, 0.05) is 0 Å². The van der Waals surface area contributed by atoms with Gasteiger partial charge in [-0.05, 0) is 103 Å². The predicted molar refractivity (Wildman–Crippen MR) is 138 cm³/mol. The number of hydrogen-bond donors (Lipinski definition) is 2. The Kier molecular flexibility index (Phi) is 5.59. The molecule has 35 heavy (non-hydrogen) atoms. The Morgan fingerprint density at radius 3 is 2.23 bits per heavy atom. The molecule has 0 saturated heterocycles. The van der Waals surface area contributed by atoms with Crippen LogP contribution in [-0.2, 0) is 9.53 Å². The molecule has 0 aromatic heterocycles. The molecule has 0 amide bonds. The van der Waals surface area contributed by atoms with Gasteiger partial charge in [-0.25, -0.2) is 0 Å². The number of fused-ring (bicyclic) bond motifs is 7. The first kappa shape index (κ1) is 25.8. The van der Waals surface area contributed by atoms with Gasteiger partial charge in [-0.15, -0.1) is 0 Å². The molecule has 4 heteroatoms. The van der Waals surface area contributed by atoms with Crippen LogP contribution in [0.1, 0.15) is 106 Å². The third-order valence-corrected chi connectivity index (χ3v) is 13.4. The Hall–Kier alpha value is -0.870. The second-order valence-electron chi connectivity index (χ2n) is 15.3. The van der Waals surface area contributed by atoms with Gasteiger partial charge in [0.2, 0.25) is 0 Å². The van der Waals surface area contributed by atoms with Gasteiger partial charge >= 0.3 is 5.97 Å². The smallest absolute Gasteiger partial charge is 0.312 e. The lowest BCUT2D eigenvalue weighted by atomic mass is 9.33. The average molecular weight is 487 g/mol. The van der Waals surface area contributed by atoms with E-state index in [1.165, 1.54) is 25.5 Å². The van der Waals surface area contributed by atoms with E-state index in [0.29, 0.717) is 18.3 Å². The fourth-order valence-electron chi connectivity index (χ4n) is 10.8. The molecule has 0 aliphatic heterocycles. The van der Waals surface area contributed by atoms with Crippen LogP contribution >= 0.6 is 0 Å². The van der Waals surface area contributed by atoms with Crippen molar-refractivity contribution in [3.63, 3.8) is 0 Å². The zero-order valence-electron chi connectivity index (χ0n) is 23.5. The van der Waals surface area contributed by atoms with Crippen molar-refractivity contribution in [1.29, 1.82) is 0 Å². The topological polar surface area (TPSA) is 66.8 Å². The summed E-state index contributed by atoms with van der Waals surface area (Å²) < 4.78 is 5.43. The maximum absolute atomic E-state index is 13.4. The fourth-order valence-corrected chi connectivity index (χ4v) is 10.8. The summed E-state index contributed by atoms with van der Waals surface area (Å²) in [6, 6.07) is 0. The van der Waals surface area contributed by atoms with Crippen molar-refractivity contribution < 1.29 is 19.7 Å². The van der Waals surface area contributed by atoms with E-state index < -0.39 is 11.5 Å². The summed E-state index contributed by atoms with van der Waals surface area (Å²) in [5, 5.41) is 22.0. The third-order valence-electron chi connectivity index (χ3n) is 13.4. The molecular weight excluding hydrogens is 436 g/mol. The van der Waals surface area contributed by atoms with Gasteiger partial charge in [-0.3, -0.25) is 4.79 Å². The van der Waals surface area contributed by atoms with E-state index in [2.05, 4.69) is 54.5 Å². The van der Waals surface area contributed by atoms with Crippen LogP contribution in [0.2, 0.25) is 0 Å². The number of methoxy groups -OCH3 is 1. The number of ether oxygens (including phenoxy) is 1. The van der Waals surface area contributed by atoms with Crippen molar-refractivity contribution in [1.82, 2.24) is 0 Å². The molecule has 198 valence electrons. The molecule has 0 aromatic rings. The molecule has 0 bridgehead atoms. The number of carbonyl (C=O) groups excluding carboxylic acids is 1. The zero-order valence-corrected chi connectivity index (χ0v) is 23.5. The summed E-state index contributed by atoms with van der Waals surface area (Å²) in [5.74, 6) is 1.14. The Labute approximate surface area is 213 Å². The summed E-state index contributed by atoms with van der Waals surface area (Å²) in [4.78, 5) is 13.4. The van der Waals surface area contributed by atoms with E-state index >= 15 is 0 Å². The highest BCUT2D eigenvalue weighted by molar-refractivity contribution is 5.78. The highest BCUT2D eigenvalue weighted by atomic mass is 16.5. The van der Waals surface area contributed by atoms with E-state index in [0.717, 1.165) is 38.5 Å². The average Bonchev–Trinajstić information content (AvgIpc) is 2.77. The summed E-state index contributed by atoms with van der Waals surface area (Å²) in [6.45, 7) is 16.6. The Morgan fingerprint density at radius 1 is 0.886 bits per heavy atom. The van der Waals surface area contributed by atoms with Crippen LogP contribution < -0.4 is 0 Å². The number of hydrogen-bond acceptors (Lipinski definition) is 4. The molecule has 5 rings (SSSR count). The van der Waals surface area contributed by atoms with E-state index in [1.54, 1.807) is 0 Å². The first-order valence-corrected chi connectivity index (χ1v) is 14.3. The number of rotatable bonds is 1. The monoisotopic (exact) mass is 486 g/mol. The summed E-state index contributed by atoms with van der Waals surface area (Å²) in [7, 11) is 1.52. The van der Waals surface area contributed by atoms with Gasteiger partial charge in [0.1, 0.15) is 0 Å². The SMILES string of the molecule is COC(=O)[C@@]12CC[C@]3(C)C(=CC[C@@H]4[C@@]5(C)CC[C@H](O)C(C)(C)[C@@H]5CC[C@]43C)[C@@H]1CC(C)(C)[C@H](O)C2. The minimum Gasteiger partial charge on any atom is -0.469 e. The van der Waals surface area contributed by atoms with Crippen LogP contribution in [0, 0.1) is 50.2 Å². The lowest BCUT2D eigenvalue weighted by Gasteiger charge is -2.71. The second kappa shape index (κ2) is 7.59. The molecular formula is C31H50O4. The van der Waals surface area contributed by atoms with Crippen molar-refractivity contribution in [3.05, 3.63) is 11.6 Å². The molecule has 4 saturated carbocycles. The minimum absolute atomic E-state index is 0.0463. The van der Waals surface area contributed by atoms with E-state index in [4.69, 9.17) is 4.74 Å². The number of aliphatic hydroxyl groups is 2. The highest BCUT2D eigenvalue weighted by Gasteiger charge is 2.70. The zero-order chi connectivity index (χ0) is 25.8. The molecule has 2 N–H and O–H groups in total. The number of carbonyl (C=O) groups is 1. The molecule has 0 unspecified atom stereocenters. The summed E-state index contributed by atoms with van der Waals surface area (Å²) >= 11 is 0. The van der Waals surface area contributed by atoms with Gasteiger partial charge in [-0.2, -0.15) is 0 Å². The molecule has 0 heterocycles. The molecule has 0 spiro atoms. The fraction of sp³-hybridized carbons (Fsp3) is 0.903. The molecule has 0 aromatic carbocycles. The van der Waals surface area contributed by atoms with Crippen molar-refractivity contribution in [2.75, 3.05) is 7.11 Å². The number of aliphatic hydroxyl groups excluding tert-OH is 2. The Balaban J connectivity index is 1.60. The quantitative estimate of drug-likeness (QED) is 0.337. The maximum atomic E-state index is 13.4. The molecule has 5 aliphatic rings. The standard InChI is InChI=1S/C31H50O4/c1-26(2)17-20-19-9-10-22-28(5)13-12-23(32)27(3,4)21(28)11-14-30(22,7)29(19,6)15-16-31(20,18-24(26)33)25(34)35-8/h9,20-24,32-33H,10-18H2,1-8H3/t20-,21-,22+,23-,24+,28-,29+,30+,31+/m0/s1. The van der Waals surface area contributed by atoms with Crippen molar-refractivity contribution in [2.24, 2.45) is 50.2 Å². The van der Waals surface area contributed by atoms with Gasteiger partial charge < -0.3 is 14.9 Å². The van der Waals surface area contributed by atoms with Gasteiger partial charge in [0.15, 0.2) is 0 Å². The van der Waals surface area contributed by atoms with Crippen molar-refractivity contribution in [2.45, 2.75) is 118 Å². The van der Waals surface area contributed by atoms with E-state index in [9.17, 15) is 15.0 Å². The Morgan fingerprint density at radius 2 is 1.57 bits per heavy atom. The first-order chi connectivity index (χ1) is 16.1. The van der Waals surface area contributed by atoms with E-state index in [-0.39, 0.29) is 45.1 Å². The molecule has 9 atom stereocenters. The maximum Gasteiger partial charge on any atom is 0.312 e. The van der Waals surface area contributed by atoms with E-state index in [1.807, 2.05) is 0 Å². The summed E-state index contributed by atoms with van der Waals surface area (Å²) in [6.07, 6.45) is 10.4. The highest BCUT2D eigenvalue weighted by Crippen LogP contribution is 2.75. The van der Waals surface area contributed by atoms with Crippen LogP contribution in [0.3, 0.4) is 0 Å². The molecule has 4 nitrogen and oxygen atoms in total. The van der Waals surface area contributed by atoms with Gasteiger partial charge in [0.25, 0.3) is 0 Å². The summed E-state index contributed by atoms with van der Waals surface area (Å²) in [5.41, 5.74) is 1.07. The second-order valence-corrected chi connectivity index (χ2v) is 15.3. The lowest BCUT2D eigenvalue weighted by molar-refractivity contribution is -0.209. The molecule has 0 radical (unpaired) electrons. The van der Waals surface area contributed by atoms with Crippen LogP contribution in [0.5, 0.6) is 0 Å². The van der Waals surface area contributed by atoms with Crippen molar-refractivity contribution >= 4 is 5.97 Å². The first-order valence-electron chi connectivity index (χ1n) is 14.3. The van der Waals surface area contributed by atoms with Crippen LogP contribution in [0.4, 0.5) is 0 Å². The van der Waals surface area contributed by atoms with Crippen LogP contribution in [0.25, 0.3) is 0 Å². The Bertz CT molecular complexity index is 934. The van der Waals surface area contributed by atoms with Crippen LogP contribution in [-0.4, -0.2) is 35.5 Å². The minimum atomic E-state index is -0.601. The van der Waals surface area contributed by atoms with Crippen molar-refractivity contribution in [3.8, 4) is 0 Å². The largest absolute Gasteiger partial charge is 0.469 e. The lowest BCUT2D eigenvalue weighted by Crippen LogP contribution is -2.65. The molecule has 4 fully saturated rings. The third kappa shape index (κ3) is 3.08. The predicted octanol–water partition coefficient (Wildman–Crippen LogP) is 6.29. The normalized spacial score (nSPS) is 52.2. The van der Waals surface area contributed by atoms with Crippen LogP contribution in [0.15, 0.2) is 11.6 Å². The van der Waals surface area contributed by atoms with Gasteiger partial charge in [0.05, 0.1) is 24.7 Å².